The number of carbonyl (C=O) groups excluding carboxylic acids is 1. The van der Waals surface area contributed by atoms with Crippen LogP contribution in [-0.2, 0) is 19.4 Å². The van der Waals surface area contributed by atoms with E-state index in [1.165, 1.54) is 18.4 Å². The second kappa shape index (κ2) is 8.11. The fraction of sp³-hybridized carbons (Fsp3) is 0.556. The molecule has 0 spiro atoms. The maximum absolute atomic E-state index is 12.7. The zero-order valence-corrected chi connectivity index (χ0v) is 14.0. The summed E-state index contributed by atoms with van der Waals surface area (Å²) in [6.07, 6.45) is 9.20. The van der Waals surface area contributed by atoms with Crippen LogP contribution in [0, 0.1) is 0 Å². The zero-order chi connectivity index (χ0) is 16.8. The second-order valence-electron chi connectivity index (χ2n) is 6.20. The Kier molecular flexibility index (Phi) is 6.16. The number of allylic oxidation sites excluding steroid dienone is 2. The molecule has 0 fully saturated rings. The van der Waals surface area contributed by atoms with Gasteiger partial charge in [-0.15, -0.1) is 0 Å². The highest BCUT2D eigenvalue weighted by Gasteiger charge is 2.19. The Morgan fingerprint density at radius 1 is 1.30 bits per heavy atom. The number of hydrogen-bond donors (Lipinski definition) is 2. The summed E-state index contributed by atoms with van der Waals surface area (Å²) in [4.78, 5) is 24.5. The molecule has 0 unspecified atom stereocenters. The van der Waals surface area contributed by atoms with Gasteiger partial charge < -0.3 is 4.57 Å². The first-order chi connectivity index (χ1) is 11.1. The maximum Gasteiger partial charge on any atom is 0.280 e. The van der Waals surface area contributed by atoms with Gasteiger partial charge in [0.05, 0.1) is 0 Å². The molecule has 1 heterocycles. The summed E-state index contributed by atoms with van der Waals surface area (Å²) in [5.41, 5.74) is 4.61. The van der Waals surface area contributed by atoms with E-state index >= 15 is 0 Å². The molecule has 1 aliphatic carbocycles. The van der Waals surface area contributed by atoms with E-state index in [9.17, 15) is 9.59 Å². The molecule has 2 N–H and O–H groups in total. The molecule has 126 valence electrons. The van der Waals surface area contributed by atoms with E-state index in [-0.39, 0.29) is 11.1 Å². The van der Waals surface area contributed by atoms with Crippen molar-refractivity contribution in [2.45, 2.75) is 65.3 Å². The molecular weight excluding hydrogens is 292 g/mol. The predicted molar refractivity (Wildman–Crippen MR) is 89.9 cm³/mol. The first-order valence-electron chi connectivity index (χ1n) is 8.44. The summed E-state index contributed by atoms with van der Waals surface area (Å²) in [5.74, 6) is -0.732. The molecular formula is C18H26N2O3. The fourth-order valence-electron chi connectivity index (χ4n) is 3.04. The largest absolute Gasteiger partial charge is 0.308 e. The van der Waals surface area contributed by atoms with E-state index < -0.39 is 5.91 Å². The monoisotopic (exact) mass is 318 g/mol. The molecule has 1 aromatic rings. The van der Waals surface area contributed by atoms with Gasteiger partial charge in [-0.05, 0) is 50.7 Å². The van der Waals surface area contributed by atoms with E-state index in [1.807, 2.05) is 13.0 Å². The van der Waals surface area contributed by atoms with Gasteiger partial charge in [0.1, 0.15) is 5.56 Å². The molecule has 0 atom stereocenters. The lowest BCUT2D eigenvalue weighted by atomic mass is 9.95. The van der Waals surface area contributed by atoms with Gasteiger partial charge in [0.15, 0.2) is 0 Å². The van der Waals surface area contributed by atoms with Crippen molar-refractivity contribution in [2.75, 3.05) is 0 Å². The molecule has 1 amide bonds. The molecule has 2 rings (SSSR count). The van der Waals surface area contributed by atoms with Crippen molar-refractivity contribution in [1.29, 1.82) is 0 Å². The van der Waals surface area contributed by atoms with Crippen LogP contribution in [0.15, 0.2) is 22.5 Å². The molecule has 5 nitrogen and oxygen atoms in total. The summed E-state index contributed by atoms with van der Waals surface area (Å²) in [7, 11) is 0. The van der Waals surface area contributed by atoms with Crippen LogP contribution in [0.25, 0.3) is 0 Å². The van der Waals surface area contributed by atoms with E-state index in [4.69, 9.17) is 5.21 Å². The summed E-state index contributed by atoms with van der Waals surface area (Å²) >= 11 is 0. The molecule has 23 heavy (non-hydrogen) atoms. The number of nitrogens with one attached hydrogen (secondary N) is 1. The van der Waals surface area contributed by atoms with Crippen LogP contribution < -0.4 is 11.0 Å². The summed E-state index contributed by atoms with van der Waals surface area (Å²) in [6.45, 7) is 4.60. The van der Waals surface area contributed by atoms with E-state index in [2.05, 4.69) is 6.92 Å². The van der Waals surface area contributed by atoms with Crippen molar-refractivity contribution in [2.24, 2.45) is 0 Å². The summed E-state index contributed by atoms with van der Waals surface area (Å²) in [5, 5.41) is 8.90. The minimum Gasteiger partial charge on any atom is -0.308 e. The minimum atomic E-state index is -0.732. The third-order valence-corrected chi connectivity index (χ3v) is 4.63. The first kappa shape index (κ1) is 17.5. The van der Waals surface area contributed by atoms with Gasteiger partial charge in [0.2, 0.25) is 0 Å². The minimum absolute atomic E-state index is 0.0226. The summed E-state index contributed by atoms with van der Waals surface area (Å²) in [6, 6.07) is 1.67. The molecule has 0 saturated carbocycles. The number of amides is 1. The number of nitrogens with zero attached hydrogens (tertiary/aromatic N) is 1. The second-order valence-corrected chi connectivity index (χ2v) is 6.20. The van der Waals surface area contributed by atoms with Crippen LogP contribution in [0.5, 0.6) is 0 Å². The van der Waals surface area contributed by atoms with Crippen LogP contribution in [0.1, 0.15) is 67.6 Å². The van der Waals surface area contributed by atoms with Crippen molar-refractivity contribution in [3.05, 3.63) is 44.9 Å². The topological polar surface area (TPSA) is 71.3 Å². The summed E-state index contributed by atoms with van der Waals surface area (Å²) < 4.78 is 1.71. The van der Waals surface area contributed by atoms with Crippen molar-refractivity contribution in [3.63, 3.8) is 0 Å². The highest BCUT2D eigenvalue weighted by atomic mass is 16.5. The lowest BCUT2D eigenvalue weighted by Crippen LogP contribution is -2.34. The number of hydrogen-bond acceptors (Lipinski definition) is 3. The van der Waals surface area contributed by atoms with Gasteiger partial charge >= 0.3 is 0 Å². The first-order valence-corrected chi connectivity index (χ1v) is 8.44. The smallest absolute Gasteiger partial charge is 0.280 e. The molecule has 0 aliphatic heterocycles. The highest BCUT2D eigenvalue weighted by molar-refractivity contribution is 5.93. The van der Waals surface area contributed by atoms with Gasteiger partial charge in [0, 0.05) is 12.2 Å². The number of carbonyl (C=O) groups is 1. The number of rotatable bonds is 4. The van der Waals surface area contributed by atoms with Gasteiger partial charge in [-0.25, -0.2) is 5.48 Å². The van der Waals surface area contributed by atoms with Crippen molar-refractivity contribution >= 4 is 5.91 Å². The Morgan fingerprint density at radius 3 is 2.65 bits per heavy atom. The molecule has 1 aliphatic rings. The quantitative estimate of drug-likeness (QED) is 0.509. The normalized spacial score (nSPS) is 15.5. The molecule has 5 heteroatoms. The van der Waals surface area contributed by atoms with Crippen LogP contribution in [0.4, 0.5) is 0 Å². The number of hydroxylamine groups is 1. The molecule has 1 aromatic heterocycles. The number of fused-ring (bicyclic) bond motifs is 1. The standard InChI is InChI=1S/C18H26N2O3/c1-3-13(2)10-11-20-16-9-7-5-4-6-8-14(16)12-15(18(20)22)17(21)19-23/h10,12,23H,3-9,11H2,1-2H3,(H,19,21)/b13-10+. The lowest BCUT2D eigenvalue weighted by Gasteiger charge is -2.20. The predicted octanol–water partition coefficient (Wildman–Crippen LogP) is 2.98. The van der Waals surface area contributed by atoms with Crippen molar-refractivity contribution in [1.82, 2.24) is 10.0 Å². The Hall–Kier alpha value is -1.88. The Morgan fingerprint density at radius 2 is 2.00 bits per heavy atom. The Bertz CT molecular complexity index is 659. The van der Waals surface area contributed by atoms with E-state index in [0.717, 1.165) is 43.4 Å². The van der Waals surface area contributed by atoms with Crippen molar-refractivity contribution < 1.29 is 10.0 Å². The third kappa shape index (κ3) is 4.10. The average Bonchev–Trinajstić information content (AvgIpc) is 2.54. The van der Waals surface area contributed by atoms with E-state index in [1.54, 1.807) is 16.1 Å². The fourth-order valence-corrected chi connectivity index (χ4v) is 3.04. The zero-order valence-electron chi connectivity index (χ0n) is 14.0. The molecule has 0 radical (unpaired) electrons. The SMILES string of the molecule is CC/C(C)=C/Cn1c2c(cc(C(=O)NO)c1=O)CCCCCC2. The van der Waals surface area contributed by atoms with Gasteiger partial charge in [-0.3, -0.25) is 14.8 Å². The highest BCUT2D eigenvalue weighted by Crippen LogP contribution is 2.20. The van der Waals surface area contributed by atoms with E-state index in [0.29, 0.717) is 6.54 Å². The van der Waals surface area contributed by atoms with Crippen LogP contribution >= 0.6 is 0 Å². The van der Waals surface area contributed by atoms with Gasteiger partial charge in [0.25, 0.3) is 11.5 Å². The van der Waals surface area contributed by atoms with Gasteiger partial charge in [-0.1, -0.05) is 31.4 Å². The van der Waals surface area contributed by atoms with Crippen molar-refractivity contribution in [3.8, 4) is 0 Å². The Labute approximate surface area is 137 Å². The third-order valence-electron chi connectivity index (χ3n) is 4.63. The maximum atomic E-state index is 12.7. The van der Waals surface area contributed by atoms with Crippen LogP contribution in [-0.4, -0.2) is 15.7 Å². The van der Waals surface area contributed by atoms with Crippen LogP contribution in [0.3, 0.4) is 0 Å². The molecule has 0 saturated heterocycles. The average molecular weight is 318 g/mol. The van der Waals surface area contributed by atoms with Gasteiger partial charge in [-0.2, -0.15) is 0 Å². The number of aromatic nitrogens is 1. The number of pyridine rings is 1. The Balaban J connectivity index is 2.56. The molecule has 0 aromatic carbocycles. The van der Waals surface area contributed by atoms with Crippen LogP contribution in [0.2, 0.25) is 0 Å². The lowest BCUT2D eigenvalue weighted by molar-refractivity contribution is 0.0704. The number of aryl methyl sites for hydroxylation is 1. The molecule has 0 bridgehead atoms.